The summed E-state index contributed by atoms with van der Waals surface area (Å²) in [5, 5.41) is 10.3. The standard InChI is InChI=1S/C45H30/c1-3-7-36-27-40-21-30(13-17-38(40)25-34(36)5-1)9-11-32-15-19-44-42(23-32)29-43-24-33(16-20-45(43)44)12-10-31-14-18-39-26-35-6-2-4-8-37(35)28-41(39)22-31/h1-28H,29H2. The first-order chi connectivity index (χ1) is 22.2. The molecule has 8 aromatic rings. The fraction of sp³-hybridized carbons (Fsp3) is 0.0222. The second kappa shape index (κ2) is 10.5. The van der Waals surface area contributed by atoms with E-state index < -0.39 is 0 Å². The van der Waals surface area contributed by atoms with Crippen LogP contribution in [-0.4, -0.2) is 0 Å². The van der Waals surface area contributed by atoms with Crippen molar-refractivity contribution in [1.29, 1.82) is 0 Å². The van der Waals surface area contributed by atoms with Gasteiger partial charge in [-0.1, -0.05) is 133 Å². The lowest BCUT2D eigenvalue weighted by atomic mass is 10.00. The molecule has 0 unspecified atom stereocenters. The molecule has 0 aromatic heterocycles. The lowest BCUT2D eigenvalue weighted by Gasteiger charge is -2.05. The summed E-state index contributed by atoms with van der Waals surface area (Å²) in [5.41, 5.74) is 10.4. The Morgan fingerprint density at radius 1 is 0.289 bits per heavy atom. The molecule has 0 saturated heterocycles. The molecular formula is C45H30. The van der Waals surface area contributed by atoms with Crippen LogP contribution in [0.4, 0.5) is 0 Å². The first kappa shape index (κ1) is 25.7. The average molecular weight is 571 g/mol. The predicted octanol–water partition coefficient (Wildman–Crippen LogP) is 12.2. The largest absolute Gasteiger partial charge is 0.0616 e. The molecule has 1 aliphatic carbocycles. The van der Waals surface area contributed by atoms with Crippen molar-refractivity contribution in [2.24, 2.45) is 0 Å². The highest BCUT2D eigenvalue weighted by Crippen LogP contribution is 2.38. The second-order valence-corrected chi connectivity index (χ2v) is 12.3. The van der Waals surface area contributed by atoms with Crippen molar-refractivity contribution in [1.82, 2.24) is 0 Å². The van der Waals surface area contributed by atoms with Gasteiger partial charge in [-0.3, -0.25) is 0 Å². The molecule has 0 aliphatic heterocycles. The van der Waals surface area contributed by atoms with Crippen LogP contribution in [0, 0.1) is 0 Å². The molecule has 0 radical (unpaired) electrons. The third-order valence-corrected chi connectivity index (χ3v) is 9.32. The molecule has 1 aliphatic rings. The van der Waals surface area contributed by atoms with Crippen molar-refractivity contribution in [2.75, 3.05) is 0 Å². The van der Waals surface area contributed by atoms with Gasteiger partial charge in [-0.15, -0.1) is 0 Å². The summed E-state index contributed by atoms with van der Waals surface area (Å²) >= 11 is 0. The highest BCUT2D eigenvalue weighted by Gasteiger charge is 2.18. The zero-order valence-corrected chi connectivity index (χ0v) is 24.9. The SMILES string of the molecule is C(=Cc1ccc2cc3ccccc3cc2c1)c1ccc2c(c1)Cc1cc(C=Cc3ccc4cc5ccccc5cc4c3)ccc1-2. The van der Waals surface area contributed by atoms with E-state index in [1.807, 2.05) is 0 Å². The molecule has 0 atom stereocenters. The third-order valence-electron chi connectivity index (χ3n) is 9.32. The van der Waals surface area contributed by atoms with Crippen molar-refractivity contribution in [3.63, 3.8) is 0 Å². The first-order valence-electron chi connectivity index (χ1n) is 15.7. The van der Waals surface area contributed by atoms with Crippen molar-refractivity contribution < 1.29 is 0 Å². The number of hydrogen-bond donors (Lipinski definition) is 0. The summed E-state index contributed by atoms with van der Waals surface area (Å²) < 4.78 is 0. The summed E-state index contributed by atoms with van der Waals surface area (Å²) in [6, 6.07) is 53.6. The van der Waals surface area contributed by atoms with Gasteiger partial charge in [0.15, 0.2) is 0 Å². The molecule has 0 nitrogen and oxygen atoms in total. The molecule has 0 fully saturated rings. The molecule has 0 heteroatoms. The maximum atomic E-state index is 2.36. The minimum atomic E-state index is 0.972. The number of benzene rings is 8. The van der Waals surface area contributed by atoms with Crippen LogP contribution in [-0.2, 0) is 6.42 Å². The van der Waals surface area contributed by atoms with Crippen molar-refractivity contribution in [2.45, 2.75) is 6.42 Å². The van der Waals surface area contributed by atoms with Crippen molar-refractivity contribution in [3.05, 3.63) is 179 Å². The Kier molecular flexibility index (Phi) is 5.99. The van der Waals surface area contributed by atoms with E-state index in [4.69, 9.17) is 0 Å². The van der Waals surface area contributed by atoms with Gasteiger partial charge in [-0.05, 0) is 130 Å². The molecule has 45 heavy (non-hydrogen) atoms. The van der Waals surface area contributed by atoms with Crippen LogP contribution in [0.2, 0.25) is 0 Å². The van der Waals surface area contributed by atoms with Crippen LogP contribution in [0.25, 0.3) is 78.5 Å². The van der Waals surface area contributed by atoms with Crippen LogP contribution in [0.15, 0.2) is 146 Å². The summed E-state index contributed by atoms with van der Waals surface area (Å²) in [7, 11) is 0. The minimum absolute atomic E-state index is 0.972. The van der Waals surface area contributed by atoms with Crippen LogP contribution < -0.4 is 0 Å². The normalized spacial score (nSPS) is 12.6. The van der Waals surface area contributed by atoms with Gasteiger partial charge in [0, 0.05) is 0 Å². The lowest BCUT2D eigenvalue weighted by Crippen LogP contribution is -1.83. The van der Waals surface area contributed by atoms with Crippen LogP contribution in [0.1, 0.15) is 33.4 Å². The third kappa shape index (κ3) is 4.82. The Balaban J connectivity index is 0.941. The number of hydrogen-bond acceptors (Lipinski definition) is 0. The molecule has 0 saturated carbocycles. The molecular weight excluding hydrogens is 540 g/mol. The predicted molar refractivity (Wildman–Crippen MR) is 195 cm³/mol. The van der Waals surface area contributed by atoms with Gasteiger partial charge >= 0.3 is 0 Å². The monoisotopic (exact) mass is 570 g/mol. The van der Waals surface area contributed by atoms with Gasteiger partial charge in [-0.2, -0.15) is 0 Å². The fourth-order valence-corrected chi connectivity index (χ4v) is 6.97. The summed E-state index contributed by atoms with van der Waals surface area (Å²) in [6.45, 7) is 0. The Hall–Kier alpha value is -5.72. The summed E-state index contributed by atoms with van der Waals surface area (Å²) in [5.74, 6) is 0. The van der Waals surface area contributed by atoms with E-state index in [1.165, 1.54) is 87.6 Å². The van der Waals surface area contributed by atoms with E-state index in [1.54, 1.807) is 0 Å². The Morgan fingerprint density at radius 2 is 0.622 bits per heavy atom. The molecule has 9 rings (SSSR count). The van der Waals surface area contributed by atoms with E-state index >= 15 is 0 Å². The van der Waals surface area contributed by atoms with Gasteiger partial charge in [0.05, 0.1) is 0 Å². The van der Waals surface area contributed by atoms with Gasteiger partial charge in [-0.25, -0.2) is 0 Å². The highest BCUT2D eigenvalue weighted by molar-refractivity contribution is 6.00. The minimum Gasteiger partial charge on any atom is -0.0616 e. The quantitative estimate of drug-likeness (QED) is 0.146. The zero-order valence-electron chi connectivity index (χ0n) is 24.9. The Bertz CT molecular complexity index is 2330. The Morgan fingerprint density at radius 3 is 1.04 bits per heavy atom. The number of fused-ring (bicyclic) bond motifs is 7. The summed E-state index contributed by atoms with van der Waals surface area (Å²) in [4.78, 5) is 0. The van der Waals surface area contributed by atoms with E-state index in [9.17, 15) is 0 Å². The maximum Gasteiger partial charge on any atom is -0.00130 e. The first-order valence-corrected chi connectivity index (χ1v) is 15.7. The number of rotatable bonds is 4. The smallest absolute Gasteiger partial charge is 0.00130 e. The van der Waals surface area contributed by atoms with Crippen molar-refractivity contribution in [3.8, 4) is 11.1 Å². The molecule has 0 heterocycles. The van der Waals surface area contributed by atoms with Gasteiger partial charge in [0.1, 0.15) is 0 Å². The molecule has 8 aromatic carbocycles. The van der Waals surface area contributed by atoms with Crippen LogP contribution in [0.5, 0.6) is 0 Å². The van der Waals surface area contributed by atoms with Gasteiger partial charge < -0.3 is 0 Å². The highest BCUT2D eigenvalue weighted by atomic mass is 14.2. The summed E-state index contributed by atoms with van der Waals surface area (Å²) in [6.07, 6.45) is 9.92. The molecule has 0 spiro atoms. The van der Waals surface area contributed by atoms with Gasteiger partial charge in [0.25, 0.3) is 0 Å². The van der Waals surface area contributed by atoms with E-state index in [0.717, 1.165) is 6.42 Å². The molecule has 210 valence electrons. The molecule has 0 bridgehead atoms. The topological polar surface area (TPSA) is 0 Å². The van der Waals surface area contributed by atoms with E-state index in [2.05, 4.69) is 170 Å². The van der Waals surface area contributed by atoms with E-state index in [0.29, 0.717) is 0 Å². The fourth-order valence-electron chi connectivity index (χ4n) is 6.97. The zero-order chi connectivity index (χ0) is 29.7. The van der Waals surface area contributed by atoms with Crippen LogP contribution >= 0.6 is 0 Å². The van der Waals surface area contributed by atoms with Gasteiger partial charge in [0.2, 0.25) is 0 Å². The molecule has 0 amide bonds. The molecule has 0 N–H and O–H groups in total. The van der Waals surface area contributed by atoms with Crippen molar-refractivity contribution >= 4 is 67.4 Å². The maximum absolute atomic E-state index is 2.36. The second-order valence-electron chi connectivity index (χ2n) is 12.3. The van der Waals surface area contributed by atoms with Crippen LogP contribution in [0.3, 0.4) is 0 Å². The van der Waals surface area contributed by atoms with E-state index in [-0.39, 0.29) is 0 Å². The average Bonchev–Trinajstić information content (AvgIpc) is 3.45. The lowest BCUT2D eigenvalue weighted by molar-refractivity contribution is 1.26. The Labute approximate surface area is 263 Å².